The molecule has 2 N–H and O–H groups in total. The predicted octanol–water partition coefficient (Wildman–Crippen LogP) is 2.74. The topological polar surface area (TPSA) is 91.7 Å². The molecular formula is C23H27N3O4. The number of carbonyl (C=O) groups excluding carboxylic acids is 3. The Bertz CT molecular complexity index is 873. The maximum Gasteiger partial charge on any atom is 0.290 e. The average molecular weight is 409 g/mol. The second-order valence-corrected chi connectivity index (χ2v) is 8.03. The van der Waals surface area contributed by atoms with E-state index in [1.54, 1.807) is 29.2 Å². The van der Waals surface area contributed by atoms with Crippen LogP contribution in [-0.2, 0) is 4.79 Å². The second kappa shape index (κ2) is 9.15. The maximum atomic E-state index is 12.8. The highest BCUT2D eigenvalue weighted by Crippen LogP contribution is 2.23. The lowest BCUT2D eigenvalue weighted by atomic mass is 9.90. The van der Waals surface area contributed by atoms with Gasteiger partial charge >= 0.3 is 0 Å². The zero-order valence-corrected chi connectivity index (χ0v) is 16.9. The molecule has 1 saturated carbocycles. The van der Waals surface area contributed by atoms with Gasteiger partial charge in [-0.05, 0) is 62.8 Å². The number of carbonyl (C=O) groups is 3. The van der Waals surface area contributed by atoms with Crippen molar-refractivity contribution >= 4 is 17.7 Å². The Morgan fingerprint density at radius 3 is 2.23 bits per heavy atom. The normalized spacial score (nSPS) is 23.7. The molecule has 4 rings (SSSR count). The van der Waals surface area contributed by atoms with Gasteiger partial charge in [0.1, 0.15) is 6.04 Å². The van der Waals surface area contributed by atoms with Gasteiger partial charge in [-0.2, -0.15) is 0 Å². The third-order valence-corrected chi connectivity index (χ3v) is 5.99. The van der Waals surface area contributed by atoms with Crippen LogP contribution >= 0.6 is 0 Å². The van der Waals surface area contributed by atoms with E-state index in [1.807, 2.05) is 18.2 Å². The standard InChI is InChI=1S/C23H27N3O4/c27-21(16-6-2-1-3-7-16)24-17-10-12-18(13-11-17)25-22(28)19-8-4-14-26(19)23(29)20-9-5-15-30-20/h1-3,5-7,9,15,17-19H,4,8,10-14H2,(H,24,27)(H,25,28)/t17?,18?,19-/m1/s1. The number of amides is 3. The monoisotopic (exact) mass is 409 g/mol. The van der Waals surface area contributed by atoms with Gasteiger partial charge in [0, 0.05) is 24.2 Å². The lowest BCUT2D eigenvalue weighted by molar-refractivity contribution is -0.125. The number of hydrogen-bond acceptors (Lipinski definition) is 4. The molecular weight excluding hydrogens is 382 g/mol. The molecule has 1 aromatic heterocycles. The molecule has 1 aliphatic carbocycles. The highest BCUT2D eigenvalue weighted by molar-refractivity contribution is 5.96. The maximum absolute atomic E-state index is 12.8. The molecule has 30 heavy (non-hydrogen) atoms. The Morgan fingerprint density at radius 1 is 0.867 bits per heavy atom. The summed E-state index contributed by atoms with van der Waals surface area (Å²) in [6.07, 6.45) is 6.21. The molecule has 1 saturated heterocycles. The third kappa shape index (κ3) is 4.56. The van der Waals surface area contributed by atoms with E-state index in [9.17, 15) is 14.4 Å². The summed E-state index contributed by atoms with van der Waals surface area (Å²) >= 11 is 0. The van der Waals surface area contributed by atoms with Crippen molar-refractivity contribution in [2.75, 3.05) is 6.54 Å². The van der Waals surface area contributed by atoms with E-state index < -0.39 is 6.04 Å². The molecule has 2 aliphatic rings. The molecule has 7 nitrogen and oxygen atoms in total. The van der Waals surface area contributed by atoms with Crippen LogP contribution in [0.15, 0.2) is 53.1 Å². The fraction of sp³-hybridized carbons (Fsp3) is 0.435. The minimum atomic E-state index is -0.446. The Labute approximate surface area is 175 Å². The Balaban J connectivity index is 1.26. The zero-order valence-electron chi connectivity index (χ0n) is 16.9. The molecule has 7 heteroatoms. The molecule has 1 aromatic carbocycles. The first-order valence-corrected chi connectivity index (χ1v) is 10.6. The summed E-state index contributed by atoms with van der Waals surface area (Å²) in [6, 6.07) is 12.2. The van der Waals surface area contributed by atoms with Crippen LogP contribution in [0.25, 0.3) is 0 Å². The number of nitrogens with zero attached hydrogens (tertiary/aromatic N) is 1. The van der Waals surface area contributed by atoms with Crippen LogP contribution in [0.3, 0.4) is 0 Å². The summed E-state index contributed by atoms with van der Waals surface area (Å²) < 4.78 is 5.20. The van der Waals surface area contributed by atoms with Crippen molar-refractivity contribution in [1.82, 2.24) is 15.5 Å². The van der Waals surface area contributed by atoms with Gasteiger partial charge < -0.3 is 20.0 Å². The Morgan fingerprint density at radius 2 is 1.57 bits per heavy atom. The van der Waals surface area contributed by atoms with Gasteiger partial charge in [-0.25, -0.2) is 0 Å². The van der Waals surface area contributed by atoms with Crippen LogP contribution in [0.4, 0.5) is 0 Å². The van der Waals surface area contributed by atoms with Gasteiger partial charge in [-0.3, -0.25) is 14.4 Å². The molecule has 3 amide bonds. The largest absolute Gasteiger partial charge is 0.459 e. The quantitative estimate of drug-likeness (QED) is 0.794. The number of likely N-dealkylation sites (tertiary alicyclic amines) is 1. The van der Waals surface area contributed by atoms with Crippen molar-refractivity contribution < 1.29 is 18.8 Å². The molecule has 0 spiro atoms. The van der Waals surface area contributed by atoms with Gasteiger partial charge in [-0.1, -0.05) is 18.2 Å². The van der Waals surface area contributed by atoms with E-state index in [2.05, 4.69) is 10.6 Å². The van der Waals surface area contributed by atoms with Crippen LogP contribution in [0.2, 0.25) is 0 Å². The fourth-order valence-corrected chi connectivity index (χ4v) is 4.36. The van der Waals surface area contributed by atoms with Gasteiger partial charge in [0.05, 0.1) is 6.26 Å². The lowest BCUT2D eigenvalue weighted by Crippen LogP contribution is -2.50. The highest BCUT2D eigenvalue weighted by Gasteiger charge is 2.36. The van der Waals surface area contributed by atoms with Crippen molar-refractivity contribution in [2.24, 2.45) is 0 Å². The summed E-state index contributed by atoms with van der Waals surface area (Å²) in [5.74, 6) is -0.111. The molecule has 2 aromatic rings. The average Bonchev–Trinajstić information content (AvgIpc) is 3.47. The summed E-state index contributed by atoms with van der Waals surface area (Å²) in [4.78, 5) is 39.4. The number of nitrogens with one attached hydrogen (secondary N) is 2. The van der Waals surface area contributed by atoms with E-state index in [-0.39, 0.29) is 35.6 Å². The molecule has 2 heterocycles. The van der Waals surface area contributed by atoms with E-state index in [0.29, 0.717) is 18.5 Å². The SMILES string of the molecule is O=C(NC1CCC(NC(=O)[C@H]2CCCN2C(=O)c2ccco2)CC1)c1ccccc1. The minimum absolute atomic E-state index is 0.0545. The van der Waals surface area contributed by atoms with Gasteiger partial charge in [0.15, 0.2) is 5.76 Å². The van der Waals surface area contributed by atoms with Crippen LogP contribution < -0.4 is 10.6 Å². The van der Waals surface area contributed by atoms with Crippen molar-refractivity contribution in [3.8, 4) is 0 Å². The molecule has 1 aliphatic heterocycles. The summed E-state index contributed by atoms with van der Waals surface area (Å²) in [5.41, 5.74) is 0.662. The summed E-state index contributed by atoms with van der Waals surface area (Å²) in [7, 11) is 0. The first kappa shape index (κ1) is 20.2. The fourth-order valence-electron chi connectivity index (χ4n) is 4.36. The van der Waals surface area contributed by atoms with Crippen LogP contribution in [0.1, 0.15) is 59.4 Å². The predicted molar refractivity (Wildman–Crippen MR) is 111 cm³/mol. The van der Waals surface area contributed by atoms with E-state index in [0.717, 1.165) is 32.1 Å². The van der Waals surface area contributed by atoms with E-state index in [4.69, 9.17) is 4.42 Å². The van der Waals surface area contributed by atoms with Crippen molar-refractivity contribution in [3.63, 3.8) is 0 Å². The first-order valence-electron chi connectivity index (χ1n) is 10.6. The first-order chi connectivity index (χ1) is 14.6. The van der Waals surface area contributed by atoms with Gasteiger partial charge in [0.2, 0.25) is 5.91 Å². The minimum Gasteiger partial charge on any atom is -0.459 e. The molecule has 0 unspecified atom stereocenters. The Kier molecular flexibility index (Phi) is 6.16. The van der Waals surface area contributed by atoms with Gasteiger partial charge in [0.25, 0.3) is 11.8 Å². The van der Waals surface area contributed by atoms with Gasteiger partial charge in [-0.15, -0.1) is 0 Å². The van der Waals surface area contributed by atoms with E-state index >= 15 is 0 Å². The molecule has 0 bridgehead atoms. The second-order valence-electron chi connectivity index (χ2n) is 8.03. The zero-order chi connectivity index (χ0) is 20.9. The van der Waals surface area contributed by atoms with Crippen LogP contribution in [0, 0.1) is 0 Å². The van der Waals surface area contributed by atoms with Crippen LogP contribution in [0.5, 0.6) is 0 Å². The number of benzene rings is 1. The van der Waals surface area contributed by atoms with Crippen molar-refractivity contribution in [3.05, 3.63) is 60.1 Å². The molecule has 0 radical (unpaired) electrons. The third-order valence-electron chi connectivity index (χ3n) is 5.99. The smallest absolute Gasteiger partial charge is 0.290 e. The van der Waals surface area contributed by atoms with Crippen molar-refractivity contribution in [1.29, 1.82) is 0 Å². The molecule has 1 atom stereocenters. The molecule has 158 valence electrons. The highest BCUT2D eigenvalue weighted by atomic mass is 16.3. The molecule has 2 fully saturated rings. The summed E-state index contributed by atoms with van der Waals surface area (Å²) in [5, 5.41) is 6.21. The number of furan rings is 1. The van der Waals surface area contributed by atoms with E-state index in [1.165, 1.54) is 6.26 Å². The Hall–Kier alpha value is -3.09. The lowest BCUT2D eigenvalue weighted by Gasteiger charge is -2.31. The van der Waals surface area contributed by atoms with Crippen molar-refractivity contribution in [2.45, 2.75) is 56.7 Å². The summed E-state index contributed by atoms with van der Waals surface area (Å²) in [6.45, 7) is 0.565. The number of rotatable bonds is 5. The number of hydrogen-bond donors (Lipinski definition) is 2. The van der Waals surface area contributed by atoms with Crippen LogP contribution in [-0.4, -0.2) is 47.3 Å².